The number of hydrogen-bond acceptors (Lipinski definition) is 4. The molecule has 4 heteroatoms. The smallest absolute Gasteiger partial charge is 0.162 e. The number of phenolic OH excluding ortho intramolecular Hbond substituents is 1. The van der Waals surface area contributed by atoms with Crippen molar-refractivity contribution in [3.63, 3.8) is 0 Å². The number of phenols is 1. The molecule has 0 amide bonds. The van der Waals surface area contributed by atoms with E-state index < -0.39 is 0 Å². The van der Waals surface area contributed by atoms with Crippen molar-refractivity contribution in [3.05, 3.63) is 18.2 Å². The van der Waals surface area contributed by atoms with Gasteiger partial charge in [-0.3, -0.25) is 0 Å². The number of rotatable bonds is 14. The summed E-state index contributed by atoms with van der Waals surface area (Å²) in [6.45, 7) is 0.951. The van der Waals surface area contributed by atoms with E-state index in [9.17, 15) is 5.11 Å². The summed E-state index contributed by atoms with van der Waals surface area (Å²) in [4.78, 5) is 0. The van der Waals surface area contributed by atoms with Gasteiger partial charge in [-0.15, -0.1) is 0 Å². The second kappa shape index (κ2) is 13.5. The third-order valence-electron chi connectivity index (χ3n) is 4.22. The SMILES string of the molecule is COc1cc(NCCCCCCCCCCCCC#N)ccc1O. The largest absolute Gasteiger partial charge is 0.504 e. The number of unbranched alkanes of at least 4 members (excludes halogenated alkanes) is 10. The fourth-order valence-corrected chi connectivity index (χ4v) is 2.76. The molecule has 0 saturated heterocycles. The summed E-state index contributed by atoms with van der Waals surface area (Å²) in [7, 11) is 1.56. The molecule has 0 saturated carbocycles. The molecule has 0 aliphatic carbocycles. The zero-order valence-electron chi connectivity index (χ0n) is 15.0. The Labute approximate surface area is 146 Å². The highest BCUT2D eigenvalue weighted by Gasteiger charge is 2.01. The first kappa shape index (κ1) is 20.2. The van der Waals surface area contributed by atoms with Crippen molar-refractivity contribution in [1.29, 1.82) is 5.26 Å². The molecule has 0 atom stereocenters. The average Bonchev–Trinajstić information content (AvgIpc) is 2.60. The Bertz CT molecular complexity index is 483. The Morgan fingerprint density at radius 2 is 1.54 bits per heavy atom. The maximum absolute atomic E-state index is 9.55. The summed E-state index contributed by atoms with van der Waals surface area (Å²) in [5.74, 6) is 0.681. The lowest BCUT2D eigenvalue weighted by Gasteiger charge is -2.09. The van der Waals surface area contributed by atoms with Gasteiger partial charge >= 0.3 is 0 Å². The third-order valence-corrected chi connectivity index (χ3v) is 4.22. The predicted octanol–water partition coefficient (Wildman–Crippen LogP) is 5.63. The molecule has 0 heterocycles. The van der Waals surface area contributed by atoms with Gasteiger partial charge in [0.25, 0.3) is 0 Å². The lowest BCUT2D eigenvalue weighted by Crippen LogP contribution is -2.01. The molecule has 1 aromatic carbocycles. The first-order chi connectivity index (χ1) is 11.8. The van der Waals surface area contributed by atoms with E-state index in [2.05, 4.69) is 11.4 Å². The van der Waals surface area contributed by atoms with E-state index in [0.29, 0.717) is 12.2 Å². The van der Waals surface area contributed by atoms with Crippen LogP contribution in [-0.2, 0) is 0 Å². The fourth-order valence-electron chi connectivity index (χ4n) is 2.76. The van der Waals surface area contributed by atoms with Gasteiger partial charge in [0.15, 0.2) is 11.5 Å². The molecule has 0 spiro atoms. The van der Waals surface area contributed by atoms with Crippen molar-refractivity contribution in [2.45, 2.75) is 70.6 Å². The molecule has 1 aromatic rings. The Hall–Kier alpha value is -1.89. The van der Waals surface area contributed by atoms with E-state index in [0.717, 1.165) is 25.1 Å². The summed E-state index contributed by atoms with van der Waals surface area (Å²) in [6, 6.07) is 7.55. The topological polar surface area (TPSA) is 65.3 Å². The Morgan fingerprint density at radius 1 is 0.958 bits per heavy atom. The van der Waals surface area contributed by atoms with Crippen LogP contribution in [0.1, 0.15) is 70.6 Å². The van der Waals surface area contributed by atoms with E-state index >= 15 is 0 Å². The van der Waals surface area contributed by atoms with Gasteiger partial charge in [0.2, 0.25) is 0 Å². The normalized spacial score (nSPS) is 10.3. The van der Waals surface area contributed by atoms with Crippen LogP contribution >= 0.6 is 0 Å². The number of nitrogens with one attached hydrogen (secondary N) is 1. The molecule has 0 unspecified atom stereocenters. The molecule has 0 fully saturated rings. The van der Waals surface area contributed by atoms with Gasteiger partial charge in [-0.1, -0.05) is 51.4 Å². The zero-order chi connectivity index (χ0) is 17.5. The van der Waals surface area contributed by atoms with E-state index in [-0.39, 0.29) is 5.75 Å². The summed E-state index contributed by atoms with van der Waals surface area (Å²) >= 11 is 0. The van der Waals surface area contributed by atoms with Crippen LogP contribution in [0.2, 0.25) is 0 Å². The second-order valence-corrected chi connectivity index (χ2v) is 6.26. The van der Waals surface area contributed by atoms with Gasteiger partial charge in [0, 0.05) is 24.7 Å². The van der Waals surface area contributed by atoms with Crippen molar-refractivity contribution in [2.75, 3.05) is 19.0 Å². The molecular formula is C20H32N2O2. The number of nitrogens with zero attached hydrogens (tertiary/aromatic N) is 1. The number of nitriles is 1. The van der Waals surface area contributed by atoms with Gasteiger partial charge in [-0.2, -0.15) is 5.26 Å². The minimum absolute atomic E-state index is 0.174. The van der Waals surface area contributed by atoms with Crippen LogP contribution in [0.3, 0.4) is 0 Å². The van der Waals surface area contributed by atoms with E-state index in [1.54, 1.807) is 13.2 Å². The van der Waals surface area contributed by atoms with Gasteiger partial charge in [0.05, 0.1) is 13.2 Å². The quantitative estimate of drug-likeness (QED) is 0.342. The zero-order valence-corrected chi connectivity index (χ0v) is 15.0. The van der Waals surface area contributed by atoms with Crippen molar-refractivity contribution < 1.29 is 9.84 Å². The number of aromatic hydroxyl groups is 1. The van der Waals surface area contributed by atoms with Gasteiger partial charge in [-0.05, 0) is 25.0 Å². The first-order valence-electron chi connectivity index (χ1n) is 9.25. The Morgan fingerprint density at radius 3 is 2.12 bits per heavy atom. The second-order valence-electron chi connectivity index (χ2n) is 6.26. The molecule has 0 radical (unpaired) electrons. The van der Waals surface area contributed by atoms with Crippen molar-refractivity contribution >= 4 is 5.69 Å². The van der Waals surface area contributed by atoms with Crippen LogP contribution in [0, 0.1) is 11.3 Å². The molecule has 1 rings (SSSR count). The third kappa shape index (κ3) is 9.29. The van der Waals surface area contributed by atoms with Crippen LogP contribution in [-0.4, -0.2) is 18.8 Å². The Kier molecular flexibility index (Phi) is 11.4. The summed E-state index contributed by atoms with van der Waals surface area (Å²) in [5, 5.41) is 21.4. The van der Waals surface area contributed by atoms with Crippen molar-refractivity contribution in [2.24, 2.45) is 0 Å². The molecule has 0 aliphatic heterocycles. The monoisotopic (exact) mass is 332 g/mol. The average molecular weight is 332 g/mol. The van der Waals surface area contributed by atoms with E-state index in [4.69, 9.17) is 10.00 Å². The summed E-state index contributed by atoms with van der Waals surface area (Å²) in [6.07, 6.45) is 13.3. The molecule has 0 aromatic heterocycles. The lowest BCUT2D eigenvalue weighted by atomic mass is 10.1. The molecular weight excluding hydrogens is 300 g/mol. The maximum Gasteiger partial charge on any atom is 0.162 e. The van der Waals surface area contributed by atoms with Crippen molar-refractivity contribution in [1.82, 2.24) is 0 Å². The van der Waals surface area contributed by atoms with Gasteiger partial charge in [-0.25, -0.2) is 0 Å². The predicted molar refractivity (Wildman–Crippen MR) is 99.5 cm³/mol. The Balaban J connectivity index is 1.91. The molecule has 4 nitrogen and oxygen atoms in total. The van der Waals surface area contributed by atoms with Crippen LogP contribution < -0.4 is 10.1 Å². The van der Waals surface area contributed by atoms with Crippen molar-refractivity contribution in [3.8, 4) is 17.6 Å². The standard InChI is InChI=1S/C20H32N2O2/c1-24-20-17-18(13-14-19(20)23)22-16-12-10-8-6-4-2-3-5-7-9-11-15-21/h13-14,17,22-23H,2-12,16H2,1H3. The first-order valence-corrected chi connectivity index (χ1v) is 9.25. The highest BCUT2D eigenvalue weighted by atomic mass is 16.5. The number of ether oxygens (including phenoxy) is 1. The lowest BCUT2D eigenvalue weighted by molar-refractivity contribution is 0.373. The van der Waals surface area contributed by atoms with Crippen LogP contribution in [0.25, 0.3) is 0 Å². The summed E-state index contributed by atoms with van der Waals surface area (Å²) in [5.41, 5.74) is 0.987. The highest BCUT2D eigenvalue weighted by molar-refractivity contribution is 5.54. The van der Waals surface area contributed by atoms with Crippen LogP contribution in [0.15, 0.2) is 18.2 Å². The van der Waals surface area contributed by atoms with Crippen LogP contribution in [0.5, 0.6) is 11.5 Å². The number of methoxy groups -OCH3 is 1. The van der Waals surface area contributed by atoms with E-state index in [1.165, 1.54) is 51.4 Å². The minimum Gasteiger partial charge on any atom is -0.504 e. The molecule has 134 valence electrons. The van der Waals surface area contributed by atoms with Gasteiger partial charge < -0.3 is 15.2 Å². The number of anilines is 1. The fraction of sp³-hybridized carbons (Fsp3) is 0.650. The summed E-state index contributed by atoms with van der Waals surface area (Å²) < 4.78 is 5.10. The molecule has 2 N–H and O–H groups in total. The molecule has 0 aliphatic rings. The molecule has 24 heavy (non-hydrogen) atoms. The number of benzene rings is 1. The highest BCUT2D eigenvalue weighted by Crippen LogP contribution is 2.28. The molecule has 0 bridgehead atoms. The number of hydrogen-bond donors (Lipinski definition) is 2. The van der Waals surface area contributed by atoms with E-state index in [1.807, 2.05) is 12.1 Å². The van der Waals surface area contributed by atoms with Crippen LogP contribution in [0.4, 0.5) is 5.69 Å². The van der Waals surface area contributed by atoms with Gasteiger partial charge in [0.1, 0.15) is 0 Å². The minimum atomic E-state index is 0.174. The maximum atomic E-state index is 9.55.